The molecular weight excluding hydrogens is 172 g/mol. The van der Waals surface area contributed by atoms with Crippen LogP contribution in [0.15, 0.2) is 0 Å². The number of ketones is 1. The Bertz CT molecular complexity index is 258. The first kappa shape index (κ1) is 8.84. The van der Waals surface area contributed by atoms with Gasteiger partial charge in [-0.1, -0.05) is 0 Å². The van der Waals surface area contributed by atoms with E-state index < -0.39 is 11.9 Å². The van der Waals surface area contributed by atoms with E-state index in [-0.39, 0.29) is 24.2 Å². The molecule has 0 aromatic carbocycles. The van der Waals surface area contributed by atoms with E-state index in [1.165, 1.54) is 0 Å². The quantitative estimate of drug-likeness (QED) is 0.550. The van der Waals surface area contributed by atoms with Crippen molar-refractivity contribution in [2.75, 3.05) is 0 Å². The van der Waals surface area contributed by atoms with Crippen LogP contribution in [0.4, 0.5) is 0 Å². The zero-order valence-electron chi connectivity index (χ0n) is 7.65. The van der Waals surface area contributed by atoms with Gasteiger partial charge in [0.25, 0.3) is 0 Å². The van der Waals surface area contributed by atoms with Crippen molar-refractivity contribution in [1.29, 1.82) is 0 Å². The second-order valence-electron chi connectivity index (χ2n) is 3.99. The molecule has 13 heavy (non-hydrogen) atoms. The zero-order valence-corrected chi connectivity index (χ0v) is 7.65. The lowest BCUT2D eigenvalue weighted by Crippen LogP contribution is -2.25. The second kappa shape index (κ2) is 2.62. The van der Waals surface area contributed by atoms with Gasteiger partial charge in [0.15, 0.2) is 11.6 Å². The molecule has 0 spiro atoms. The minimum Gasteiger partial charge on any atom is -0.343 e. The van der Waals surface area contributed by atoms with Crippen LogP contribution >= 0.6 is 0 Å². The van der Waals surface area contributed by atoms with E-state index in [0.717, 1.165) is 6.29 Å². The molecule has 0 aromatic heterocycles. The number of carbonyl (C=O) groups is 2. The van der Waals surface area contributed by atoms with Gasteiger partial charge in [-0.3, -0.25) is 4.79 Å². The van der Waals surface area contributed by atoms with E-state index >= 15 is 0 Å². The van der Waals surface area contributed by atoms with Crippen molar-refractivity contribution in [2.45, 2.75) is 38.3 Å². The lowest BCUT2D eigenvalue weighted by Gasteiger charge is -2.18. The number of aldehydes is 1. The Kier molecular flexibility index (Phi) is 1.78. The average molecular weight is 184 g/mol. The molecule has 0 unspecified atom stereocenters. The maximum Gasteiger partial charge on any atom is 0.165 e. The number of rotatable bonds is 1. The van der Waals surface area contributed by atoms with Gasteiger partial charge in [0.1, 0.15) is 18.5 Å². The predicted molar refractivity (Wildman–Crippen MR) is 43.0 cm³/mol. The highest BCUT2D eigenvalue weighted by Gasteiger charge is 2.53. The molecule has 4 nitrogen and oxygen atoms in total. The maximum atomic E-state index is 11.3. The molecule has 0 radical (unpaired) electrons. The number of hydrogen-bond acceptors (Lipinski definition) is 4. The van der Waals surface area contributed by atoms with Gasteiger partial charge in [0, 0.05) is 6.42 Å². The van der Waals surface area contributed by atoms with Crippen LogP contribution in [0.5, 0.6) is 0 Å². The van der Waals surface area contributed by atoms with Gasteiger partial charge >= 0.3 is 0 Å². The zero-order chi connectivity index (χ0) is 9.64. The molecule has 1 saturated heterocycles. The molecule has 1 heterocycles. The van der Waals surface area contributed by atoms with E-state index in [1.54, 1.807) is 13.8 Å². The minimum absolute atomic E-state index is 0.0207. The Morgan fingerprint density at radius 2 is 2.15 bits per heavy atom. The summed E-state index contributed by atoms with van der Waals surface area (Å²) in [6.07, 6.45) is 0.160. The van der Waals surface area contributed by atoms with Crippen molar-refractivity contribution in [3.05, 3.63) is 0 Å². The summed E-state index contributed by atoms with van der Waals surface area (Å²) in [5, 5.41) is 0. The van der Waals surface area contributed by atoms with Gasteiger partial charge in [-0.25, -0.2) is 0 Å². The second-order valence-corrected chi connectivity index (χ2v) is 3.99. The first-order valence-electron chi connectivity index (χ1n) is 4.37. The largest absolute Gasteiger partial charge is 0.343 e. The normalized spacial score (nSPS) is 42.0. The van der Waals surface area contributed by atoms with Crippen molar-refractivity contribution in [2.24, 2.45) is 5.92 Å². The fourth-order valence-electron chi connectivity index (χ4n) is 1.94. The van der Waals surface area contributed by atoms with Crippen molar-refractivity contribution >= 4 is 12.1 Å². The first-order valence-corrected chi connectivity index (χ1v) is 4.37. The monoisotopic (exact) mass is 184 g/mol. The standard InChI is InChI=1S/C9H12O4/c1-9(2)12-7-5(4-10)3-6(11)8(7)13-9/h4-5,7-8H,3H2,1-2H3/t5-,7-,8+/m1/s1. The summed E-state index contributed by atoms with van der Waals surface area (Å²) in [5.41, 5.74) is 0. The van der Waals surface area contributed by atoms with Crippen molar-refractivity contribution < 1.29 is 19.1 Å². The van der Waals surface area contributed by atoms with Crippen LogP contribution < -0.4 is 0 Å². The Morgan fingerprint density at radius 1 is 1.46 bits per heavy atom. The molecule has 72 valence electrons. The van der Waals surface area contributed by atoms with Crippen LogP contribution in [0.3, 0.4) is 0 Å². The summed E-state index contributed by atoms with van der Waals surface area (Å²) in [5.74, 6) is -1.07. The third-order valence-corrected chi connectivity index (χ3v) is 2.48. The lowest BCUT2D eigenvalue weighted by molar-refractivity contribution is -0.163. The Hall–Kier alpha value is -0.740. The summed E-state index contributed by atoms with van der Waals surface area (Å²) in [4.78, 5) is 22.0. The van der Waals surface area contributed by atoms with E-state index in [9.17, 15) is 9.59 Å². The summed E-state index contributed by atoms with van der Waals surface area (Å²) in [6, 6.07) is 0. The van der Waals surface area contributed by atoms with Gasteiger partial charge in [0.2, 0.25) is 0 Å². The van der Waals surface area contributed by atoms with Crippen LogP contribution in [0.25, 0.3) is 0 Å². The molecule has 3 atom stereocenters. The Balaban J connectivity index is 2.22. The smallest absolute Gasteiger partial charge is 0.165 e. The van der Waals surface area contributed by atoms with Gasteiger partial charge in [-0.15, -0.1) is 0 Å². The number of Topliss-reactive ketones (excluding diaryl/α,β-unsaturated/α-hetero) is 1. The van der Waals surface area contributed by atoms with Crippen molar-refractivity contribution in [3.63, 3.8) is 0 Å². The highest BCUT2D eigenvalue weighted by molar-refractivity contribution is 5.90. The summed E-state index contributed by atoms with van der Waals surface area (Å²) in [7, 11) is 0. The molecule has 0 bridgehead atoms. The number of carbonyl (C=O) groups excluding carboxylic acids is 2. The molecule has 2 fully saturated rings. The summed E-state index contributed by atoms with van der Waals surface area (Å²) in [6.45, 7) is 3.50. The topological polar surface area (TPSA) is 52.6 Å². The van der Waals surface area contributed by atoms with Gasteiger partial charge in [-0.05, 0) is 13.8 Å². The van der Waals surface area contributed by atoms with Gasteiger partial charge in [-0.2, -0.15) is 0 Å². The fourth-order valence-corrected chi connectivity index (χ4v) is 1.94. The predicted octanol–water partition coefficient (Wildman–Crippen LogP) is 0.294. The van der Waals surface area contributed by atoms with E-state index in [2.05, 4.69) is 0 Å². The van der Waals surface area contributed by atoms with Crippen LogP contribution in [-0.4, -0.2) is 30.1 Å². The maximum absolute atomic E-state index is 11.3. The molecule has 2 aliphatic rings. The summed E-state index contributed by atoms with van der Waals surface area (Å²) < 4.78 is 10.9. The Morgan fingerprint density at radius 3 is 2.77 bits per heavy atom. The lowest BCUT2D eigenvalue weighted by atomic mass is 10.1. The highest BCUT2D eigenvalue weighted by Crippen LogP contribution is 2.38. The molecular formula is C9H12O4. The number of hydrogen-bond donors (Lipinski definition) is 0. The molecule has 1 aliphatic heterocycles. The van der Waals surface area contributed by atoms with Gasteiger partial charge in [0.05, 0.1) is 5.92 Å². The highest BCUT2D eigenvalue weighted by atomic mass is 16.8. The molecule has 4 heteroatoms. The minimum atomic E-state index is -0.729. The van der Waals surface area contributed by atoms with Crippen LogP contribution in [0.1, 0.15) is 20.3 Å². The van der Waals surface area contributed by atoms with E-state index in [1.807, 2.05) is 0 Å². The van der Waals surface area contributed by atoms with Gasteiger partial charge < -0.3 is 14.3 Å². The molecule has 2 rings (SSSR count). The number of ether oxygens (including phenoxy) is 2. The van der Waals surface area contributed by atoms with E-state index in [0.29, 0.717) is 0 Å². The van der Waals surface area contributed by atoms with Crippen LogP contribution in [0.2, 0.25) is 0 Å². The molecule has 1 saturated carbocycles. The van der Waals surface area contributed by atoms with Crippen molar-refractivity contribution in [3.8, 4) is 0 Å². The fraction of sp³-hybridized carbons (Fsp3) is 0.778. The average Bonchev–Trinajstić information content (AvgIpc) is 2.47. The third kappa shape index (κ3) is 1.30. The van der Waals surface area contributed by atoms with E-state index in [4.69, 9.17) is 9.47 Å². The molecule has 0 N–H and O–H groups in total. The Labute approximate surface area is 76.2 Å². The summed E-state index contributed by atoms with van der Waals surface area (Å²) >= 11 is 0. The van der Waals surface area contributed by atoms with Crippen molar-refractivity contribution in [1.82, 2.24) is 0 Å². The molecule has 0 amide bonds. The van der Waals surface area contributed by atoms with Crippen LogP contribution in [-0.2, 0) is 19.1 Å². The first-order chi connectivity index (χ1) is 6.03. The molecule has 0 aromatic rings. The third-order valence-electron chi connectivity index (χ3n) is 2.48. The van der Waals surface area contributed by atoms with Crippen LogP contribution in [0, 0.1) is 5.92 Å². The SMILES string of the molecule is CC1(C)O[C@@H]2[C@@H](C=O)CC(=O)[C@@H]2O1. The number of fused-ring (bicyclic) bond motifs is 1. The molecule has 1 aliphatic carbocycles.